The third-order valence-corrected chi connectivity index (χ3v) is 2.82. The summed E-state index contributed by atoms with van der Waals surface area (Å²) in [6.45, 7) is 7.31. The Kier molecular flexibility index (Phi) is 5.26. The lowest BCUT2D eigenvalue weighted by molar-refractivity contribution is -0.385. The van der Waals surface area contributed by atoms with Crippen LogP contribution >= 0.6 is 0 Å². The highest BCUT2D eigenvalue weighted by Crippen LogP contribution is 2.33. The molecule has 7 nitrogen and oxygen atoms in total. The van der Waals surface area contributed by atoms with E-state index in [0.29, 0.717) is 11.3 Å². The summed E-state index contributed by atoms with van der Waals surface area (Å²) in [6, 6.07) is 4.08. The third-order valence-electron chi connectivity index (χ3n) is 2.82. The summed E-state index contributed by atoms with van der Waals surface area (Å²) in [6.07, 6.45) is -0.659. The van der Waals surface area contributed by atoms with Crippen molar-refractivity contribution in [2.75, 3.05) is 11.9 Å². The van der Waals surface area contributed by atoms with Gasteiger partial charge in [-0.2, -0.15) is 0 Å². The predicted molar refractivity (Wildman–Crippen MR) is 80.5 cm³/mol. The van der Waals surface area contributed by atoms with Gasteiger partial charge in [0.05, 0.1) is 11.0 Å². The fourth-order valence-corrected chi connectivity index (χ4v) is 1.81. The smallest absolute Gasteiger partial charge is 0.319 e. The fraction of sp³-hybridized carbons (Fsp3) is 0.500. The monoisotopic (exact) mass is 295 g/mol. The van der Waals surface area contributed by atoms with Crippen LogP contribution in [0.25, 0.3) is 0 Å². The SMILES string of the molecule is C[C@@H](O)CNC(=O)Nc1ccc(C(C)(C)C)c([N+](=O)[O-])c1. The molecule has 1 atom stereocenters. The highest BCUT2D eigenvalue weighted by atomic mass is 16.6. The number of amides is 2. The average molecular weight is 295 g/mol. The quantitative estimate of drug-likeness (QED) is 0.586. The molecule has 0 spiro atoms. The Morgan fingerprint density at radius 2 is 2.05 bits per heavy atom. The number of carbonyl (C=O) groups excluding carboxylic acids is 1. The summed E-state index contributed by atoms with van der Waals surface area (Å²) in [5.41, 5.74) is 0.534. The largest absolute Gasteiger partial charge is 0.392 e. The number of nitro benzene ring substituents is 1. The molecular formula is C14H21N3O4. The maximum absolute atomic E-state index is 11.6. The van der Waals surface area contributed by atoms with Crippen LogP contribution in [0, 0.1) is 10.1 Å². The summed E-state index contributed by atoms with van der Waals surface area (Å²) >= 11 is 0. The standard InChI is InChI=1S/C14H21N3O4/c1-9(18)8-15-13(19)16-10-5-6-11(14(2,3)4)12(7-10)17(20)21/h5-7,9,18H,8H2,1-4H3,(H2,15,16,19)/t9-/m1/s1. The topological polar surface area (TPSA) is 104 Å². The lowest BCUT2D eigenvalue weighted by Gasteiger charge is -2.19. The summed E-state index contributed by atoms with van der Waals surface area (Å²) < 4.78 is 0. The second-order valence-corrected chi connectivity index (χ2v) is 5.92. The zero-order valence-corrected chi connectivity index (χ0v) is 12.6. The number of carbonyl (C=O) groups is 1. The van der Waals surface area contributed by atoms with E-state index in [-0.39, 0.29) is 17.6 Å². The van der Waals surface area contributed by atoms with Crippen LogP contribution in [-0.4, -0.2) is 28.7 Å². The highest BCUT2D eigenvalue weighted by Gasteiger charge is 2.25. The van der Waals surface area contributed by atoms with E-state index in [0.717, 1.165) is 0 Å². The van der Waals surface area contributed by atoms with Crippen molar-refractivity contribution in [3.63, 3.8) is 0 Å². The maximum atomic E-state index is 11.6. The first-order chi connectivity index (χ1) is 9.61. The van der Waals surface area contributed by atoms with E-state index in [4.69, 9.17) is 5.11 Å². The fourth-order valence-electron chi connectivity index (χ4n) is 1.81. The number of aliphatic hydroxyl groups is 1. The molecule has 1 rings (SSSR count). The van der Waals surface area contributed by atoms with Gasteiger partial charge in [-0.1, -0.05) is 20.8 Å². The molecule has 0 aliphatic carbocycles. The minimum Gasteiger partial charge on any atom is -0.392 e. The lowest BCUT2D eigenvalue weighted by atomic mass is 9.85. The number of urea groups is 1. The molecule has 0 saturated carbocycles. The van der Waals surface area contributed by atoms with Crippen LogP contribution in [0.4, 0.5) is 16.2 Å². The van der Waals surface area contributed by atoms with Crippen LogP contribution in [-0.2, 0) is 5.41 Å². The zero-order chi connectivity index (χ0) is 16.2. The highest BCUT2D eigenvalue weighted by molar-refractivity contribution is 5.89. The van der Waals surface area contributed by atoms with Crippen LogP contribution in [0.5, 0.6) is 0 Å². The van der Waals surface area contributed by atoms with E-state index in [1.807, 2.05) is 20.8 Å². The van der Waals surface area contributed by atoms with Crippen LogP contribution in [0.1, 0.15) is 33.3 Å². The second kappa shape index (κ2) is 6.53. The van der Waals surface area contributed by atoms with Crippen molar-refractivity contribution >= 4 is 17.4 Å². The Labute approximate surface area is 123 Å². The number of hydrogen-bond acceptors (Lipinski definition) is 4. The van der Waals surface area contributed by atoms with Crippen molar-refractivity contribution in [2.45, 2.75) is 39.2 Å². The number of hydrogen-bond donors (Lipinski definition) is 3. The van der Waals surface area contributed by atoms with Crippen molar-refractivity contribution in [1.29, 1.82) is 0 Å². The van der Waals surface area contributed by atoms with Gasteiger partial charge in [0.1, 0.15) is 0 Å². The van der Waals surface area contributed by atoms with Crippen molar-refractivity contribution < 1.29 is 14.8 Å². The molecule has 0 unspecified atom stereocenters. The van der Waals surface area contributed by atoms with Crippen molar-refractivity contribution in [3.05, 3.63) is 33.9 Å². The van der Waals surface area contributed by atoms with Crippen LogP contribution in [0.15, 0.2) is 18.2 Å². The Bertz CT molecular complexity index is 536. The van der Waals surface area contributed by atoms with E-state index in [1.54, 1.807) is 19.1 Å². The summed E-state index contributed by atoms with van der Waals surface area (Å²) in [5.74, 6) is 0. The van der Waals surface area contributed by atoms with Gasteiger partial charge in [0, 0.05) is 23.9 Å². The Morgan fingerprint density at radius 3 is 2.52 bits per heavy atom. The average Bonchev–Trinajstić information content (AvgIpc) is 2.34. The molecule has 7 heteroatoms. The molecule has 0 saturated heterocycles. The summed E-state index contributed by atoms with van der Waals surface area (Å²) in [5, 5.41) is 25.2. The minimum atomic E-state index is -0.659. The van der Waals surface area contributed by atoms with Gasteiger partial charge in [-0.15, -0.1) is 0 Å². The molecule has 116 valence electrons. The molecule has 0 fully saturated rings. The molecular weight excluding hydrogens is 274 g/mol. The lowest BCUT2D eigenvalue weighted by Crippen LogP contribution is -2.34. The van der Waals surface area contributed by atoms with E-state index in [1.165, 1.54) is 6.07 Å². The number of nitrogens with one attached hydrogen (secondary N) is 2. The van der Waals surface area contributed by atoms with Gasteiger partial charge < -0.3 is 15.7 Å². The molecule has 2 amide bonds. The number of nitro groups is 1. The Hall–Kier alpha value is -2.15. The summed E-state index contributed by atoms with van der Waals surface area (Å²) in [7, 11) is 0. The van der Waals surface area contributed by atoms with Crippen molar-refractivity contribution in [3.8, 4) is 0 Å². The molecule has 21 heavy (non-hydrogen) atoms. The van der Waals surface area contributed by atoms with Crippen LogP contribution in [0.2, 0.25) is 0 Å². The minimum absolute atomic E-state index is 0.0316. The zero-order valence-electron chi connectivity index (χ0n) is 12.6. The molecule has 0 radical (unpaired) electrons. The number of benzene rings is 1. The number of anilines is 1. The molecule has 1 aromatic carbocycles. The van der Waals surface area contributed by atoms with Gasteiger partial charge in [-0.05, 0) is 24.5 Å². The molecule has 0 aromatic heterocycles. The van der Waals surface area contributed by atoms with E-state index in [9.17, 15) is 14.9 Å². The van der Waals surface area contributed by atoms with E-state index < -0.39 is 17.1 Å². The molecule has 0 heterocycles. The normalized spacial score (nSPS) is 12.6. The van der Waals surface area contributed by atoms with E-state index >= 15 is 0 Å². The second-order valence-electron chi connectivity index (χ2n) is 5.92. The predicted octanol–water partition coefficient (Wildman–Crippen LogP) is 2.39. The summed E-state index contributed by atoms with van der Waals surface area (Å²) in [4.78, 5) is 22.3. The van der Waals surface area contributed by atoms with Crippen LogP contribution < -0.4 is 10.6 Å². The van der Waals surface area contributed by atoms with Gasteiger partial charge in [0.15, 0.2) is 0 Å². The third kappa shape index (κ3) is 5.03. The number of nitrogens with zero attached hydrogens (tertiary/aromatic N) is 1. The molecule has 3 N–H and O–H groups in total. The van der Waals surface area contributed by atoms with Gasteiger partial charge in [-0.3, -0.25) is 10.1 Å². The first-order valence-corrected chi connectivity index (χ1v) is 6.63. The Balaban J connectivity index is 2.94. The van der Waals surface area contributed by atoms with Gasteiger partial charge in [-0.25, -0.2) is 4.79 Å². The van der Waals surface area contributed by atoms with Gasteiger partial charge in [0.2, 0.25) is 0 Å². The molecule has 0 aliphatic rings. The van der Waals surface area contributed by atoms with Gasteiger partial charge in [0.25, 0.3) is 5.69 Å². The number of rotatable bonds is 4. The van der Waals surface area contributed by atoms with Gasteiger partial charge >= 0.3 is 6.03 Å². The molecule has 0 aliphatic heterocycles. The van der Waals surface area contributed by atoms with E-state index in [2.05, 4.69) is 10.6 Å². The Morgan fingerprint density at radius 1 is 1.43 bits per heavy atom. The first kappa shape index (κ1) is 16.9. The molecule has 1 aromatic rings. The maximum Gasteiger partial charge on any atom is 0.319 e. The first-order valence-electron chi connectivity index (χ1n) is 6.63. The molecule has 0 bridgehead atoms. The van der Waals surface area contributed by atoms with Crippen molar-refractivity contribution in [1.82, 2.24) is 5.32 Å². The van der Waals surface area contributed by atoms with Crippen molar-refractivity contribution in [2.24, 2.45) is 0 Å². The number of aliphatic hydroxyl groups excluding tert-OH is 1. The van der Waals surface area contributed by atoms with Crippen LogP contribution in [0.3, 0.4) is 0 Å².